The maximum absolute atomic E-state index is 11.3. The molecular formula is C17H24N4O3S. The minimum absolute atomic E-state index is 0.151. The Balaban J connectivity index is 1.68. The number of hydrogen-bond acceptors (Lipinski definition) is 5. The van der Waals surface area contributed by atoms with Crippen LogP contribution in [0.2, 0.25) is 0 Å². The van der Waals surface area contributed by atoms with Gasteiger partial charge in [-0.1, -0.05) is 12.1 Å². The first kappa shape index (κ1) is 17.9. The Labute approximate surface area is 148 Å². The van der Waals surface area contributed by atoms with E-state index in [1.54, 1.807) is 13.3 Å². The maximum Gasteiger partial charge on any atom is 0.208 e. The fourth-order valence-electron chi connectivity index (χ4n) is 3.24. The molecule has 8 heteroatoms. The van der Waals surface area contributed by atoms with Crippen LogP contribution in [0.4, 0.5) is 0 Å². The molecule has 0 saturated heterocycles. The van der Waals surface area contributed by atoms with E-state index in [0.29, 0.717) is 13.0 Å². The lowest BCUT2D eigenvalue weighted by Crippen LogP contribution is -2.38. The van der Waals surface area contributed by atoms with Crippen molar-refractivity contribution in [3.63, 3.8) is 0 Å². The minimum atomic E-state index is -3.17. The third kappa shape index (κ3) is 4.81. The van der Waals surface area contributed by atoms with Gasteiger partial charge in [-0.25, -0.2) is 13.1 Å². The summed E-state index contributed by atoms with van der Waals surface area (Å²) in [6.07, 6.45) is 3.69. The van der Waals surface area contributed by atoms with E-state index in [0.717, 1.165) is 31.1 Å². The molecule has 0 amide bonds. The van der Waals surface area contributed by atoms with Gasteiger partial charge in [-0.05, 0) is 30.2 Å². The summed E-state index contributed by atoms with van der Waals surface area (Å²) in [7, 11) is -1.50. The van der Waals surface area contributed by atoms with Gasteiger partial charge in [-0.2, -0.15) is 5.10 Å². The Kier molecular flexibility index (Phi) is 5.41. The van der Waals surface area contributed by atoms with Crippen molar-refractivity contribution in [1.82, 2.24) is 19.4 Å². The SMILES string of the molecule is COc1cccc(CN2Cc3ccnn3C(CCNS(C)(=O)=O)C2)c1. The van der Waals surface area contributed by atoms with Crippen molar-refractivity contribution in [3.8, 4) is 5.75 Å². The molecular weight excluding hydrogens is 340 g/mol. The van der Waals surface area contributed by atoms with Gasteiger partial charge in [-0.15, -0.1) is 0 Å². The van der Waals surface area contributed by atoms with Gasteiger partial charge in [0.1, 0.15) is 5.75 Å². The molecule has 0 radical (unpaired) electrons. The number of methoxy groups -OCH3 is 1. The molecule has 3 rings (SSSR count). The quantitative estimate of drug-likeness (QED) is 0.803. The minimum Gasteiger partial charge on any atom is -0.497 e. The van der Waals surface area contributed by atoms with Gasteiger partial charge in [0.2, 0.25) is 10.0 Å². The van der Waals surface area contributed by atoms with Crippen molar-refractivity contribution < 1.29 is 13.2 Å². The number of nitrogens with zero attached hydrogens (tertiary/aromatic N) is 3. The molecule has 7 nitrogen and oxygen atoms in total. The molecule has 1 aromatic heterocycles. The molecule has 1 aliphatic rings. The molecule has 1 unspecified atom stereocenters. The van der Waals surface area contributed by atoms with Crippen molar-refractivity contribution >= 4 is 10.0 Å². The highest BCUT2D eigenvalue weighted by Crippen LogP contribution is 2.25. The fraction of sp³-hybridized carbons (Fsp3) is 0.471. The summed E-state index contributed by atoms with van der Waals surface area (Å²) in [5, 5.41) is 4.41. The summed E-state index contributed by atoms with van der Waals surface area (Å²) in [6, 6.07) is 10.2. The first-order valence-electron chi connectivity index (χ1n) is 8.27. The van der Waals surface area contributed by atoms with Crippen LogP contribution in [-0.2, 0) is 23.1 Å². The van der Waals surface area contributed by atoms with Gasteiger partial charge >= 0.3 is 0 Å². The van der Waals surface area contributed by atoms with E-state index in [-0.39, 0.29) is 6.04 Å². The molecule has 1 aromatic carbocycles. The molecule has 2 aromatic rings. The summed E-state index contributed by atoms with van der Waals surface area (Å²) < 4.78 is 32.4. The van der Waals surface area contributed by atoms with Gasteiger partial charge in [-0.3, -0.25) is 9.58 Å². The predicted octanol–water partition coefficient (Wildman–Crippen LogP) is 1.39. The first-order valence-corrected chi connectivity index (χ1v) is 10.2. The molecule has 0 saturated carbocycles. The summed E-state index contributed by atoms with van der Waals surface area (Å²) in [4.78, 5) is 2.36. The topological polar surface area (TPSA) is 76.5 Å². The zero-order chi connectivity index (χ0) is 17.9. The van der Waals surface area contributed by atoms with E-state index >= 15 is 0 Å². The number of hydrogen-bond donors (Lipinski definition) is 1. The van der Waals surface area contributed by atoms with Crippen molar-refractivity contribution in [2.45, 2.75) is 25.6 Å². The Bertz CT molecular complexity index is 819. The van der Waals surface area contributed by atoms with Crippen LogP contribution in [0.5, 0.6) is 5.75 Å². The van der Waals surface area contributed by atoms with E-state index in [9.17, 15) is 8.42 Å². The Hall–Kier alpha value is -1.90. The first-order chi connectivity index (χ1) is 11.9. The monoisotopic (exact) mass is 364 g/mol. The van der Waals surface area contributed by atoms with Crippen LogP contribution in [0.3, 0.4) is 0 Å². The van der Waals surface area contributed by atoms with Crippen LogP contribution >= 0.6 is 0 Å². The zero-order valence-corrected chi connectivity index (χ0v) is 15.4. The van der Waals surface area contributed by atoms with Crippen LogP contribution in [0.15, 0.2) is 36.5 Å². The van der Waals surface area contributed by atoms with Crippen LogP contribution in [0, 0.1) is 0 Å². The summed E-state index contributed by atoms with van der Waals surface area (Å²) in [5.41, 5.74) is 2.35. The number of rotatable bonds is 7. The highest BCUT2D eigenvalue weighted by molar-refractivity contribution is 7.88. The lowest BCUT2D eigenvalue weighted by molar-refractivity contribution is 0.162. The van der Waals surface area contributed by atoms with Gasteiger partial charge in [0, 0.05) is 32.4 Å². The number of fused-ring (bicyclic) bond motifs is 1. The van der Waals surface area contributed by atoms with Gasteiger partial charge in [0.05, 0.1) is 25.1 Å². The lowest BCUT2D eigenvalue weighted by atomic mass is 10.1. The lowest BCUT2D eigenvalue weighted by Gasteiger charge is -2.34. The van der Waals surface area contributed by atoms with Gasteiger partial charge in [0.25, 0.3) is 0 Å². The third-order valence-electron chi connectivity index (χ3n) is 4.33. The zero-order valence-electron chi connectivity index (χ0n) is 14.6. The molecule has 1 atom stereocenters. The Morgan fingerprint density at radius 2 is 2.20 bits per heavy atom. The van der Waals surface area contributed by atoms with Gasteiger partial charge in [0.15, 0.2) is 0 Å². The van der Waals surface area contributed by atoms with E-state index in [1.165, 1.54) is 11.8 Å². The molecule has 0 bridgehead atoms. The average molecular weight is 364 g/mol. The Morgan fingerprint density at radius 1 is 1.36 bits per heavy atom. The average Bonchev–Trinajstić information content (AvgIpc) is 3.02. The van der Waals surface area contributed by atoms with Crippen molar-refractivity contribution in [2.24, 2.45) is 0 Å². The molecule has 2 heterocycles. The highest BCUT2D eigenvalue weighted by atomic mass is 32.2. The van der Waals surface area contributed by atoms with Crippen molar-refractivity contribution in [1.29, 1.82) is 0 Å². The second-order valence-electron chi connectivity index (χ2n) is 6.40. The summed E-state index contributed by atoms with van der Waals surface area (Å²) >= 11 is 0. The normalized spacial score (nSPS) is 18.1. The van der Waals surface area contributed by atoms with Crippen LogP contribution in [-0.4, -0.2) is 49.6 Å². The van der Waals surface area contributed by atoms with Crippen LogP contribution in [0.25, 0.3) is 0 Å². The summed E-state index contributed by atoms with van der Waals surface area (Å²) in [6.45, 7) is 2.89. The molecule has 0 fully saturated rings. The molecule has 0 aliphatic carbocycles. The molecule has 136 valence electrons. The number of aromatic nitrogens is 2. The second kappa shape index (κ2) is 7.55. The highest BCUT2D eigenvalue weighted by Gasteiger charge is 2.25. The van der Waals surface area contributed by atoms with Crippen LogP contribution < -0.4 is 9.46 Å². The number of sulfonamides is 1. The summed E-state index contributed by atoms with van der Waals surface area (Å²) in [5.74, 6) is 0.855. The van der Waals surface area contributed by atoms with Crippen molar-refractivity contribution in [3.05, 3.63) is 47.8 Å². The molecule has 0 spiro atoms. The van der Waals surface area contributed by atoms with E-state index < -0.39 is 10.0 Å². The second-order valence-corrected chi connectivity index (χ2v) is 8.23. The fourth-order valence-corrected chi connectivity index (χ4v) is 3.73. The van der Waals surface area contributed by atoms with E-state index in [4.69, 9.17) is 4.74 Å². The standard InChI is InChI=1S/C17H24N4O3S/c1-24-17-5-3-4-14(10-17)11-20-12-15-6-8-18-21(15)16(13-20)7-9-19-25(2,22)23/h3-6,8,10,16,19H,7,9,11-13H2,1-2H3. The molecule has 1 N–H and O–H groups in total. The Morgan fingerprint density at radius 3 is 2.96 bits per heavy atom. The molecule has 25 heavy (non-hydrogen) atoms. The number of ether oxygens (including phenoxy) is 1. The maximum atomic E-state index is 11.3. The number of benzene rings is 1. The predicted molar refractivity (Wildman–Crippen MR) is 95.8 cm³/mol. The smallest absolute Gasteiger partial charge is 0.208 e. The van der Waals surface area contributed by atoms with E-state index in [2.05, 4.69) is 20.8 Å². The number of nitrogens with one attached hydrogen (secondary N) is 1. The van der Waals surface area contributed by atoms with Gasteiger partial charge < -0.3 is 4.74 Å². The third-order valence-corrected chi connectivity index (χ3v) is 5.06. The van der Waals surface area contributed by atoms with E-state index in [1.807, 2.05) is 28.9 Å². The largest absolute Gasteiger partial charge is 0.497 e. The van der Waals surface area contributed by atoms with Crippen molar-refractivity contribution in [2.75, 3.05) is 26.5 Å². The molecule has 1 aliphatic heterocycles. The van der Waals surface area contributed by atoms with Crippen LogP contribution in [0.1, 0.15) is 23.7 Å².